The second-order valence-corrected chi connectivity index (χ2v) is 9.97. The summed E-state index contributed by atoms with van der Waals surface area (Å²) in [5, 5.41) is 0. The molecule has 1 aliphatic rings. The van der Waals surface area contributed by atoms with Crippen molar-refractivity contribution in [3.05, 3.63) is 125 Å². The fraction of sp³-hybridized carbons (Fsp3) is 0.273. The maximum Gasteiger partial charge on any atom is 0.119 e. The molecule has 1 aliphatic heterocycles. The number of fused-ring (bicyclic) bond motifs is 1. The lowest BCUT2D eigenvalue weighted by Gasteiger charge is -2.40. The summed E-state index contributed by atoms with van der Waals surface area (Å²) in [6, 6.07) is 35.6. The van der Waals surface area contributed by atoms with Gasteiger partial charge in [-0.25, -0.2) is 0 Å². The Morgan fingerprint density at radius 1 is 0.778 bits per heavy atom. The Morgan fingerprint density at radius 3 is 2.14 bits per heavy atom. The van der Waals surface area contributed by atoms with Gasteiger partial charge in [-0.2, -0.15) is 0 Å². The number of hydrogen-bond donors (Lipinski definition) is 0. The second kappa shape index (κ2) is 10.6. The molecule has 0 spiro atoms. The van der Waals surface area contributed by atoms with Gasteiger partial charge in [0.05, 0.1) is 13.2 Å². The average molecular weight is 477 g/mol. The molecule has 0 N–H and O–H groups in total. The molecule has 0 fully saturated rings. The minimum absolute atomic E-state index is 0.255. The van der Waals surface area contributed by atoms with Crippen LogP contribution in [0, 0.1) is 13.8 Å². The van der Waals surface area contributed by atoms with Crippen LogP contribution in [0.2, 0.25) is 0 Å². The minimum Gasteiger partial charge on any atom is -0.497 e. The normalized spacial score (nSPS) is 17.9. The van der Waals surface area contributed by atoms with Gasteiger partial charge in [0.2, 0.25) is 0 Å². The summed E-state index contributed by atoms with van der Waals surface area (Å²) in [5.41, 5.74) is 9.39. The predicted octanol–water partition coefficient (Wildman–Crippen LogP) is 7.47. The molecule has 4 aromatic rings. The van der Waals surface area contributed by atoms with Crippen LogP contribution < -0.4 is 9.64 Å². The molecule has 0 radical (unpaired) electrons. The molecule has 3 heteroatoms. The van der Waals surface area contributed by atoms with Crippen LogP contribution in [0.1, 0.15) is 34.7 Å². The van der Waals surface area contributed by atoms with Crippen molar-refractivity contribution in [2.24, 2.45) is 0 Å². The Labute approximate surface area is 216 Å². The highest BCUT2D eigenvalue weighted by Gasteiger charge is 2.35. The highest BCUT2D eigenvalue weighted by atomic mass is 16.5. The van der Waals surface area contributed by atoms with E-state index in [0.29, 0.717) is 6.04 Å². The van der Waals surface area contributed by atoms with Crippen molar-refractivity contribution in [3.8, 4) is 5.75 Å². The first-order chi connectivity index (χ1) is 17.5. The third kappa shape index (κ3) is 4.89. The van der Waals surface area contributed by atoms with Gasteiger partial charge in [-0.05, 0) is 85.3 Å². The number of benzene rings is 4. The number of ether oxygens (including phenoxy) is 1. The molecule has 0 bridgehead atoms. The zero-order valence-electron chi connectivity index (χ0n) is 21.8. The molecule has 184 valence electrons. The van der Waals surface area contributed by atoms with Crippen molar-refractivity contribution >= 4 is 11.4 Å². The number of nitrogens with zero attached hydrogens (tertiary/aromatic N) is 2. The van der Waals surface area contributed by atoms with Crippen LogP contribution >= 0.6 is 0 Å². The highest BCUT2D eigenvalue weighted by Crippen LogP contribution is 2.39. The third-order valence-corrected chi connectivity index (χ3v) is 7.73. The van der Waals surface area contributed by atoms with Gasteiger partial charge in [-0.1, -0.05) is 66.7 Å². The number of rotatable bonds is 6. The largest absolute Gasteiger partial charge is 0.497 e. The summed E-state index contributed by atoms with van der Waals surface area (Å²) in [6.45, 7) is 8.75. The van der Waals surface area contributed by atoms with Gasteiger partial charge in [-0.15, -0.1) is 0 Å². The van der Waals surface area contributed by atoms with Crippen LogP contribution in [-0.2, 0) is 19.5 Å². The van der Waals surface area contributed by atoms with Crippen LogP contribution in [0.3, 0.4) is 0 Å². The van der Waals surface area contributed by atoms with E-state index < -0.39 is 0 Å². The second-order valence-electron chi connectivity index (χ2n) is 9.97. The molecule has 0 saturated heterocycles. The quantitative estimate of drug-likeness (QED) is 0.287. The summed E-state index contributed by atoms with van der Waals surface area (Å²) >= 11 is 0. The van der Waals surface area contributed by atoms with Crippen molar-refractivity contribution in [2.75, 3.05) is 12.0 Å². The topological polar surface area (TPSA) is 15.7 Å². The van der Waals surface area contributed by atoms with E-state index in [9.17, 15) is 0 Å². The SMILES string of the molecule is COc1ccc(N2c3ccccc3CN(Cc3ccccc3)[C@@H](C)[C@H]2Cc2c(C)cccc2C)cc1. The Balaban J connectivity index is 1.64. The van der Waals surface area contributed by atoms with E-state index in [4.69, 9.17) is 4.74 Å². The summed E-state index contributed by atoms with van der Waals surface area (Å²) in [7, 11) is 1.73. The van der Waals surface area contributed by atoms with E-state index in [2.05, 4.69) is 128 Å². The number of hydrogen-bond acceptors (Lipinski definition) is 3. The molecule has 5 rings (SSSR count). The van der Waals surface area contributed by atoms with Crippen LogP contribution in [0.4, 0.5) is 11.4 Å². The van der Waals surface area contributed by atoms with Gasteiger partial charge in [0.1, 0.15) is 5.75 Å². The van der Waals surface area contributed by atoms with Crippen molar-refractivity contribution in [1.82, 2.24) is 4.90 Å². The zero-order chi connectivity index (χ0) is 25.1. The van der Waals surface area contributed by atoms with Gasteiger partial charge < -0.3 is 9.64 Å². The third-order valence-electron chi connectivity index (χ3n) is 7.73. The molecule has 3 nitrogen and oxygen atoms in total. The molecule has 36 heavy (non-hydrogen) atoms. The van der Waals surface area contributed by atoms with Crippen LogP contribution in [0.5, 0.6) is 5.75 Å². The number of aryl methyl sites for hydroxylation is 2. The van der Waals surface area contributed by atoms with Gasteiger partial charge >= 0.3 is 0 Å². The highest BCUT2D eigenvalue weighted by molar-refractivity contribution is 5.69. The Kier molecular flexibility index (Phi) is 7.11. The first-order valence-corrected chi connectivity index (χ1v) is 12.9. The van der Waals surface area contributed by atoms with Crippen LogP contribution in [-0.4, -0.2) is 24.1 Å². The van der Waals surface area contributed by atoms with Gasteiger partial charge in [0, 0.05) is 30.5 Å². The van der Waals surface area contributed by atoms with Crippen molar-refractivity contribution in [3.63, 3.8) is 0 Å². The minimum atomic E-state index is 0.255. The fourth-order valence-electron chi connectivity index (χ4n) is 5.61. The molecule has 0 saturated carbocycles. The first kappa shape index (κ1) is 24.1. The number of para-hydroxylation sites is 1. The Hall–Kier alpha value is -3.56. The maximum atomic E-state index is 5.48. The Bertz CT molecular complexity index is 1280. The summed E-state index contributed by atoms with van der Waals surface area (Å²) in [6.07, 6.45) is 0.978. The summed E-state index contributed by atoms with van der Waals surface area (Å²) < 4.78 is 5.48. The predicted molar refractivity (Wildman–Crippen MR) is 150 cm³/mol. The van der Waals surface area contributed by atoms with Crippen molar-refractivity contribution in [1.29, 1.82) is 0 Å². The maximum absolute atomic E-state index is 5.48. The van der Waals surface area contributed by atoms with E-state index in [1.54, 1.807) is 7.11 Å². The van der Waals surface area contributed by atoms with E-state index in [0.717, 1.165) is 25.3 Å². The Morgan fingerprint density at radius 2 is 1.44 bits per heavy atom. The monoisotopic (exact) mass is 476 g/mol. The van der Waals surface area contributed by atoms with Gasteiger partial charge in [0.15, 0.2) is 0 Å². The van der Waals surface area contributed by atoms with Crippen molar-refractivity contribution < 1.29 is 4.74 Å². The van der Waals surface area contributed by atoms with E-state index >= 15 is 0 Å². The average Bonchev–Trinajstić information content (AvgIpc) is 3.01. The first-order valence-electron chi connectivity index (χ1n) is 12.9. The summed E-state index contributed by atoms with van der Waals surface area (Å²) in [5.74, 6) is 0.881. The molecule has 4 aromatic carbocycles. The molecule has 0 unspecified atom stereocenters. The van der Waals surface area contributed by atoms with E-state index in [1.807, 2.05) is 0 Å². The lowest BCUT2D eigenvalue weighted by molar-refractivity contribution is 0.172. The lowest BCUT2D eigenvalue weighted by Crippen LogP contribution is -2.47. The number of anilines is 2. The van der Waals surface area contributed by atoms with E-state index in [-0.39, 0.29) is 6.04 Å². The standard InChI is InChI=1S/C33H36N2O/c1-24-11-10-12-25(2)31(24)21-33-26(3)34(22-27-13-6-5-7-14-27)23-28-15-8-9-16-32(28)35(33)29-17-19-30(36-4)20-18-29/h5-20,26,33H,21-23H2,1-4H3/t26-,33+/m0/s1. The molecular weight excluding hydrogens is 440 g/mol. The number of methoxy groups -OCH3 is 1. The summed E-state index contributed by atoms with van der Waals surface area (Å²) in [4.78, 5) is 5.23. The molecule has 1 heterocycles. The zero-order valence-corrected chi connectivity index (χ0v) is 21.8. The van der Waals surface area contributed by atoms with Crippen LogP contribution in [0.25, 0.3) is 0 Å². The molecular formula is C33H36N2O. The molecule has 0 aromatic heterocycles. The van der Waals surface area contributed by atoms with Crippen molar-refractivity contribution in [2.45, 2.75) is 52.4 Å². The lowest BCUT2D eigenvalue weighted by atomic mass is 9.91. The molecule has 0 aliphatic carbocycles. The smallest absolute Gasteiger partial charge is 0.119 e. The van der Waals surface area contributed by atoms with Gasteiger partial charge in [0.25, 0.3) is 0 Å². The van der Waals surface area contributed by atoms with Crippen LogP contribution in [0.15, 0.2) is 97.1 Å². The molecule has 0 amide bonds. The molecule has 2 atom stereocenters. The fourth-order valence-corrected chi connectivity index (χ4v) is 5.61. The van der Waals surface area contributed by atoms with E-state index in [1.165, 1.54) is 39.2 Å². The van der Waals surface area contributed by atoms with Gasteiger partial charge in [-0.3, -0.25) is 4.90 Å².